The summed E-state index contributed by atoms with van der Waals surface area (Å²) in [5.74, 6) is 0.157. The van der Waals surface area contributed by atoms with Crippen LogP contribution in [0.5, 0.6) is 0 Å². The van der Waals surface area contributed by atoms with E-state index in [0.717, 1.165) is 4.31 Å². The monoisotopic (exact) mass is 275 g/mol. The molecular formula is C10H17N3O4S. The summed E-state index contributed by atoms with van der Waals surface area (Å²) in [5.41, 5.74) is 0. The number of carbonyl (C=O) groups excluding carboxylic acids is 1. The third-order valence-corrected chi connectivity index (χ3v) is 4.35. The van der Waals surface area contributed by atoms with Gasteiger partial charge < -0.3 is 9.30 Å². The lowest BCUT2D eigenvalue weighted by Gasteiger charge is -2.14. The highest BCUT2D eigenvalue weighted by Crippen LogP contribution is 2.13. The zero-order chi connectivity index (χ0) is 13.9. The number of rotatable bonds is 5. The minimum absolute atomic E-state index is 0.0120. The van der Waals surface area contributed by atoms with Crippen molar-refractivity contribution in [2.45, 2.75) is 18.4 Å². The van der Waals surface area contributed by atoms with Gasteiger partial charge in [0.1, 0.15) is 5.82 Å². The van der Waals surface area contributed by atoms with Gasteiger partial charge in [-0.1, -0.05) is 0 Å². The Labute approximate surface area is 106 Å². The third kappa shape index (κ3) is 3.08. The van der Waals surface area contributed by atoms with Gasteiger partial charge >= 0.3 is 5.97 Å². The summed E-state index contributed by atoms with van der Waals surface area (Å²) in [4.78, 5) is 14.9. The number of aryl methyl sites for hydroxylation is 2. The molecule has 7 nitrogen and oxygen atoms in total. The molecule has 0 saturated carbocycles. The average Bonchev–Trinajstić information content (AvgIpc) is 2.66. The van der Waals surface area contributed by atoms with E-state index in [-0.39, 0.29) is 18.0 Å². The van der Waals surface area contributed by atoms with Gasteiger partial charge in [-0.3, -0.25) is 4.79 Å². The molecule has 0 fully saturated rings. The number of aromatic nitrogens is 2. The Bertz CT molecular complexity index is 516. The maximum absolute atomic E-state index is 12.1. The van der Waals surface area contributed by atoms with Gasteiger partial charge in [0, 0.05) is 26.8 Å². The van der Waals surface area contributed by atoms with Crippen LogP contribution in [0.25, 0.3) is 0 Å². The van der Waals surface area contributed by atoms with Crippen molar-refractivity contribution in [3.63, 3.8) is 0 Å². The van der Waals surface area contributed by atoms with Gasteiger partial charge in [0.2, 0.25) is 0 Å². The number of carbonyl (C=O) groups is 1. The van der Waals surface area contributed by atoms with Crippen molar-refractivity contribution in [1.29, 1.82) is 0 Å². The molecule has 8 heteroatoms. The minimum Gasteiger partial charge on any atom is -0.469 e. The van der Waals surface area contributed by atoms with Crippen LogP contribution in [0.1, 0.15) is 12.2 Å². The number of imidazole rings is 1. The highest BCUT2D eigenvalue weighted by atomic mass is 32.2. The van der Waals surface area contributed by atoms with Gasteiger partial charge in [-0.15, -0.1) is 0 Å². The smallest absolute Gasteiger partial charge is 0.306 e. The topological polar surface area (TPSA) is 81.5 Å². The molecule has 0 saturated heterocycles. The van der Waals surface area contributed by atoms with Gasteiger partial charge in [0.15, 0.2) is 5.03 Å². The van der Waals surface area contributed by atoms with E-state index in [1.165, 1.54) is 20.4 Å². The van der Waals surface area contributed by atoms with Crippen molar-refractivity contribution in [3.05, 3.63) is 12.0 Å². The molecule has 0 radical (unpaired) electrons. The van der Waals surface area contributed by atoms with Gasteiger partial charge in [0.25, 0.3) is 10.0 Å². The molecule has 0 unspecified atom stereocenters. The first-order valence-corrected chi connectivity index (χ1v) is 6.76. The highest BCUT2D eigenvalue weighted by molar-refractivity contribution is 7.89. The van der Waals surface area contributed by atoms with Crippen molar-refractivity contribution >= 4 is 16.0 Å². The van der Waals surface area contributed by atoms with Gasteiger partial charge in [0.05, 0.1) is 13.5 Å². The molecule has 1 rings (SSSR count). The van der Waals surface area contributed by atoms with Crippen molar-refractivity contribution in [2.24, 2.45) is 7.05 Å². The molecule has 0 amide bonds. The molecule has 0 atom stereocenters. The maximum Gasteiger partial charge on any atom is 0.306 e. The van der Waals surface area contributed by atoms with Crippen molar-refractivity contribution in [3.8, 4) is 0 Å². The Morgan fingerprint density at radius 3 is 2.61 bits per heavy atom. The molecule has 0 bridgehead atoms. The molecule has 1 aromatic rings. The number of sulfonamides is 1. The van der Waals surface area contributed by atoms with E-state index in [1.54, 1.807) is 18.5 Å². The standard InChI is InChI=1S/C10H17N3O4S/c1-8-11-9(7-12(8)2)18(15,16)13(3)6-5-10(14)17-4/h7H,5-6H2,1-4H3. The lowest BCUT2D eigenvalue weighted by molar-refractivity contribution is -0.140. The zero-order valence-corrected chi connectivity index (χ0v) is 11.7. The van der Waals surface area contributed by atoms with E-state index < -0.39 is 16.0 Å². The SMILES string of the molecule is COC(=O)CCN(C)S(=O)(=O)c1cn(C)c(C)n1. The third-order valence-electron chi connectivity index (χ3n) is 2.62. The van der Waals surface area contributed by atoms with Crippen molar-refractivity contribution in [2.75, 3.05) is 20.7 Å². The predicted molar refractivity (Wildman–Crippen MR) is 64.4 cm³/mol. The Morgan fingerprint density at radius 1 is 1.56 bits per heavy atom. The lowest BCUT2D eigenvalue weighted by Crippen LogP contribution is -2.29. The Balaban J connectivity index is 2.83. The zero-order valence-electron chi connectivity index (χ0n) is 10.9. The molecule has 1 aromatic heterocycles. The largest absolute Gasteiger partial charge is 0.469 e. The highest BCUT2D eigenvalue weighted by Gasteiger charge is 2.24. The fraction of sp³-hybridized carbons (Fsp3) is 0.600. The van der Waals surface area contributed by atoms with Crippen molar-refractivity contribution in [1.82, 2.24) is 13.9 Å². The summed E-state index contributed by atoms with van der Waals surface area (Å²) in [7, 11) is 0.735. The summed E-state index contributed by atoms with van der Waals surface area (Å²) in [6.45, 7) is 1.78. The van der Waals surface area contributed by atoms with Crippen LogP contribution in [0.15, 0.2) is 11.2 Å². The second-order valence-corrected chi connectivity index (χ2v) is 5.88. The molecule has 102 valence electrons. The van der Waals surface area contributed by atoms with Crippen LogP contribution < -0.4 is 0 Å². The van der Waals surface area contributed by atoms with Crippen LogP contribution in [0, 0.1) is 6.92 Å². The first kappa shape index (κ1) is 14.7. The van der Waals surface area contributed by atoms with Gasteiger partial charge in [-0.05, 0) is 6.92 Å². The van der Waals surface area contributed by atoms with E-state index in [4.69, 9.17) is 0 Å². The number of ether oxygens (including phenoxy) is 1. The number of hydrogen-bond acceptors (Lipinski definition) is 5. The molecule has 18 heavy (non-hydrogen) atoms. The molecule has 0 spiro atoms. The summed E-state index contributed by atoms with van der Waals surface area (Å²) < 4.78 is 31.4. The van der Waals surface area contributed by atoms with E-state index in [2.05, 4.69) is 9.72 Å². The van der Waals surface area contributed by atoms with Crippen LogP contribution in [-0.2, 0) is 26.6 Å². The summed E-state index contributed by atoms with van der Waals surface area (Å²) in [6, 6.07) is 0. The lowest BCUT2D eigenvalue weighted by atomic mass is 10.4. The predicted octanol–water partition coefficient (Wildman–Crippen LogP) is -0.0879. The van der Waals surface area contributed by atoms with Crippen molar-refractivity contribution < 1.29 is 17.9 Å². The molecular weight excluding hydrogens is 258 g/mol. The Kier molecular flexibility index (Phi) is 4.47. The number of methoxy groups -OCH3 is 1. The molecule has 1 heterocycles. The fourth-order valence-corrected chi connectivity index (χ4v) is 2.47. The van der Waals surface area contributed by atoms with Crippen LogP contribution in [-0.4, -0.2) is 48.9 Å². The first-order chi connectivity index (χ1) is 8.28. The number of nitrogens with zero attached hydrogens (tertiary/aromatic N) is 3. The molecule has 0 aliphatic carbocycles. The number of hydrogen-bond donors (Lipinski definition) is 0. The van der Waals surface area contributed by atoms with Gasteiger partial charge in [-0.25, -0.2) is 13.4 Å². The Hall–Kier alpha value is -1.41. The summed E-state index contributed by atoms with van der Waals surface area (Å²) in [6.07, 6.45) is 1.46. The average molecular weight is 275 g/mol. The second-order valence-electron chi connectivity index (χ2n) is 3.89. The second kappa shape index (κ2) is 5.49. The van der Waals surface area contributed by atoms with E-state index in [1.807, 2.05) is 0 Å². The van der Waals surface area contributed by atoms with E-state index >= 15 is 0 Å². The Morgan fingerprint density at radius 2 is 2.17 bits per heavy atom. The normalized spacial score (nSPS) is 11.8. The fourth-order valence-electron chi connectivity index (χ4n) is 1.28. The molecule has 0 aliphatic heterocycles. The summed E-state index contributed by atoms with van der Waals surface area (Å²) in [5, 5.41) is -0.0186. The maximum atomic E-state index is 12.1. The van der Waals surface area contributed by atoms with Crippen LogP contribution >= 0.6 is 0 Å². The van der Waals surface area contributed by atoms with Gasteiger partial charge in [-0.2, -0.15) is 4.31 Å². The first-order valence-electron chi connectivity index (χ1n) is 5.32. The molecule has 0 aliphatic rings. The summed E-state index contributed by atoms with van der Waals surface area (Å²) >= 11 is 0. The molecule has 0 aromatic carbocycles. The number of esters is 1. The van der Waals surface area contributed by atoms with Crippen LogP contribution in [0.2, 0.25) is 0 Å². The minimum atomic E-state index is -3.65. The van der Waals surface area contributed by atoms with E-state index in [9.17, 15) is 13.2 Å². The van der Waals surface area contributed by atoms with Crippen LogP contribution in [0.4, 0.5) is 0 Å². The molecule has 0 N–H and O–H groups in total. The van der Waals surface area contributed by atoms with Crippen LogP contribution in [0.3, 0.4) is 0 Å². The quantitative estimate of drug-likeness (QED) is 0.702. The van der Waals surface area contributed by atoms with E-state index in [0.29, 0.717) is 5.82 Å².